The molecule has 2 fully saturated rings. The van der Waals surface area contributed by atoms with Crippen LogP contribution in [-0.2, 0) is 4.79 Å². The molecule has 5 heteroatoms. The van der Waals surface area contributed by atoms with Crippen LogP contribution in [0.2, 0.25) is 0 Å². The zero-order valence-corrected chi connectivity index (χ0v) is 13.5. The van der Waals surface area contributed by atoms with Crippen LogP contribution in [0.1, 0.15) is 55.8 Å². The number of amides is 2. The Bertz CT molecular complexity index is 611. The number of rotatable bonds is 3. The number of carbonyl (C=O) groups excluding carboxylic acids is 2. The van der Waals surface area contributed by atoms with Gasteiger partial charge in [0.05, 0.1) is 5.69 Å². The molecule has 2 amide bonds. The van der Waals surface area contributed by atoms with E-state index in [-0.39, 0.29) is 17.5 Å². The SMILES string of the molecule is CC(=O)Nc1cc(C(=O)N2CCC[C@@H]2C2CCCC2)ccc1F. The Morgan fingerprint density at radius 1 is 1.17 bits per heavy atom. The zero-order valence-electron chi connectivity index (χ0n) is 13.5. The van der Waals surface area contributed by atoms with E-state index in [2.05, 4.69) is 5.32 Å². The van der Waals surface area contributed by atoms with E-state index in [4.69, 9.17) is 0 Å². The Balaban J connectivity index is 1.80. The third-order valence-corrected chi connectivity index (χ3v) is 5.03. The molecule has 2 aliphatic rings. The summed E-state index contributed by atoms with van der Waals surface area (Å²) in [4.78, 5) is 26.0. The summed E-state index contributed by atoms with van der Waals surface area (Å²) in [5, 5.41) is 2.44. The highest BCUT2D eigenvalue weighted by Crippen LogP contribution is 2.36. The van der Waals surface area contributed by atoms with Gasteiger partial charge in [-0.25, -0.2) is 4.39 Å². The summed E-state index contributed by atoms with van der Waals surface area (Å²) in [5.41, 5.74) is 0.514. The molecule has 1 N–H and O–H groups in total. The van der Waals surface area contributed by atoms with E-state index in [1.165, 1.54) is 50.8 Å². The van der Waals surface area contributed by atoms with Gasteiger partial charge in [-0.2, -0.15) is 0 Å². The first-order valence-electron chi connectivity index (χ1n) is 8.44. The molecular formula is C18H23FN2O2. The second-order valence-electron chi connectivity index (χ2n) is 6.63. The van der Waals surface area contributed by atoms with Gasteiger partial charge in [0, 0.05) is 25.1 Å². The van der Waals surface area contributed by atoms with Crippen molar-refractivity contribution in [3.63, 3.8) is 0 Å². The van der Waals surface area contributed by atoms with E-state index in [1.54, 1.807) is 0 Å². The van der Waals surface area contributed by atoms with Gasteiger partial charge < -0.3 is 10.2 Å². The molecule has 1 saturated heterocycles. The number of anilines is 1. The zero-order chi connectivity index (χ0) is 16.4. The lowest BCUT2D eigenvalue weighted by atomic mass is 9.95. The highest BCUT2D eigenvalue weighted by Gasteiger charge is 2.36. The summed E-state index contributed by atoms with van der Waals surface area (Å²) in [6, 6.07) is 4.52. The van der Waals surface area contributed by atoms with Crippen molar-refractivity contribution in [1.29, 1.82) is 0 Å². The van der Waals surface area contributed by atoms with E-state index >= 15 is 0 Å². The van der Waals surface area contributed by atoms with Crippen molar-refractivity contribution < 1.29 is 14.0 Å². The van der Waals surface area contributed by atoms with Crippen molar-refractivity contribution in [3.05, 3.63) is 29.6 Å². The molecule has 1 aliphatic heterocycles. The molecule has 1 aromatic carbocycles. The van der Waals surface area contributed by atoms with Gasteiger partial charge in [-0.3, -0.25) is 9.59 Å². The molecule has 0 bridgehead atoms. The molecule has 0 radical (unpaired) electrons. The van der Waals surface area contributed by atoms with Crippen molar-refractivity contribution in [2.75, 3.05) is 11.9 Å². The van der Waals surface area contributed by atoms with Crippen molar-refractivity contribution in [3.8, 4) is 0 Å². The lowest BCUT2D eigenvalue weighted by molar-refractivity contribution is -0.114. The second kappa shape index (κ2) is 6.69. The van der Waals surface area contributed by atoms with E-state index < -0.39 is 5.82 Å². The first-order valence-corrected chi connectivity index (χ1v) is 8.44. The van der Waals surface area contributed by atoms with Crippen molar-refractivity contribution in [2.24, 2.45) is 5.92 Å². The molecule has 0 spiro atoms. The predicted molar refractivity (Wildman–Crippen MR) is 86.7 cm³/mol. The fraction of sp³-hybridized carbons (Fsp3) is 0.556. The Kier molecular flexibility index (Phi) is 4.64. The van der Waals surface area contributed by atoms with Crippen LogP contribution in [-0.4, -0.2) is 29.3 Å². The molecule has 1 heterocycles. The lowest BCUT2D eigenvalue weighted by Gasteiger charge is -2.29. The lowest BCUT2D eigenvalue weighted by Crippen LogP contribution is -2.39. The maximum Gasteiger partial charge on any atom is 0.254 e. The first-order chi connectivity index (χ1) is 11.1. The van der Waals surface area contributed by atoms with Crippen molar-refractivity contribution >= 4 is 17.5 Å². The third-order valence-electron chi connectivity index (χ3n) is 5.03. The average molecular weight is 318 g/mol. The molecule has 4 nitrogen and oxygen atoms in total. The Hall–Kier alpha value is -1.91. The second-order valence-corrected chi connectivity index (χ2v) is 6.63. The van der Waals surface area contributed by atoms with Crippen LogP contribution in [0.3, 0.4) is 0 Å². The summed E-state index contributed by atoms with van der Waals surface area (Å²) >= 11 is 0. The van der Waals surface area contributed by atoms with Gasteiger partial charge in [-0.1, -0.05) is 12.8 Å². The van der Waals surface area contributed by atoms with E-state index in [1.807, 2.05) is 4.90 Å². The molecule has 1 saturated carbocycles. The highest BCUT2D eigenvalue weighted by atomic mass is 19.1. The number of nitrogens with zero attached hydrogens (tertiary/aromatic N) is 1. The van der Waals surface area contributed by atoms with Gasteiger partial charge in [0.1, 0.15) is 5.82 Å². The van der Waals surface area contributed by atoms with Crippen LogP contribution in [0.4, 0.5) is 10.1 Å². The van der Waals surface area contributed by atoms with Crippen LogP contribution >= 0.6 is 0 Å². The minimum Gasteiger partial charge on any atom is -0.335 e. The van der Waals surface area contributed by atoms with Gasteiger partial charge >= 0.3 is 0 Å². The predicted octanol–water partition coefficient (Wildman–Crippen LogP) is 3.58. The largest absolute Gasteiger partial charge is 0.335 e. The topological polar surface area (TPSA) is 49.4 Å². The maximum absolute atomic E-state index is 13.8. The third kappa shape index (κ3) is 3.38. The van der Waals surface area contributed by atoms with Gasteiger partial charge in [-0.15, -0.1) is 0 Å². The minimum atomic E-state index is -0.523. The molecule has 3 rings (SSSR count). The number of likely N-dealkylation sites (tertiary alicyclic amines) is 1. The summed E-state index contributed by atoms with van der Waals surface area (Å²) < 4.78 is 13.8. The number of hydrogen-bond donors (Lipinski definition) is 1. The van der Waals surface area contributed by atoms with E-state index in [9.17, 15) is 14.0 Å². The molecule has 23 heavy (non-hydrogen) atoms. The summed E-state index contributed by atoms with van der Waals surface area (Å²) in [7, 11) is 0. The molecular weight excluding hydrogens is 295 g/mol. The van der Waals surface area contributed by atoms with Crippen LogP contribution < -0.4 is 5.32 Å². The summed E-state index contributed by atoms with van der Waals surface area (Å²) in [6.45, 7) is 2.09. The van der Waals surface area contributed by atoms with Gasteiger partial charge in [-0.05, 0) is 49.8 Å². The minimum absolute atomic E-state index is 0.0500. The summed E-state index contributed by atoms with van der Waals surface area (Å²) in [5.74, 6) is -0.313. The smallest absolute Gasteiger partial charge is 0.254 e. The van der Waals surface area contributed by atoms with Gasteiger partial charge in [0.25, 0.3) is 5.91 Å². The number of benzene rings is 1. The fourth-order valence-corrected chi connectivity index (χ4v) is 3.99. The van der Waals surface area contributed by atoms with Crippen LogP contribution in [0, 0.1) is 11.7 Å². The molecule has 1 atom stereocenters. The number of hydrogen-bond acceptors (Lipinski definition) is 2. The summed E-state index contributed by atoms with van der Waals surface area (Å²) in [6.07, 6.45) is 7.02. The molecule has 0 aromatic heterocycles. The van der Waals surface area contributed by atoms with E-state index in [0.717, 1.165) is 19.4 Å². The Morgan fingerprint density at radius 3 is 2.61 bits per heavy atom. The normalized spacial score (nSPS) is 21.7. The van der Waals surface area contributed by atoms with Gasteiger partial charge in [0.15, 0.2) is 0 Å². The van der Waals surface area contributed by atoms with Crippen molar-refractivity contribution in [1.82, 2.24) is 4.90 Å². The van der Waals surface area contributed by atoms with Crippen LogP contribution in [0.25, 0.3) is 0 Å². The van der Waals surface area contributed by atoms with Crippen molar-refractivity contribution in [2.45, 2.75) is 51.5 Å². The fourth-order valence-electron chi connectivity index (χ4n) is 3.99. The molecule has 1 aliphatic carbocycles. The molecule has 0 unspecified atom stereocenters. The highest BCUT2D eigenvalue weighted by molar-refractivity contribution is 5.97. The first kappa shape index (κ1) is 16.0. The average Bonchev–Trinajstić information content (AvgIpc) is 3.18. The van der Waals surface area contributed by atoms with Gasteiger partial charge in [0.2, 0.25) is 5.91 Å². The number of halogens is 1. The van der Waals surface area contributed by atoms with Crippen LogP contribution in [0.15, 0.2) is 18.2 Å². The standard InChI is InChI=1S/C18H23FN2O2/c1-12(22)20-16-11-14(8-9-15(16)19)18(23)21-10-4-7-17(21)13-5-2-3-6-13/h8-9,11,13,17H,2-7,10H2,1H3,(H,20,22)/t17-/m1/s1. The van der Waals surface area contributed by atoms with Crippen LogP contribution in [0.5, 0.6) is 0 Å². The number of nitrogens with one attached hydrogen (secondary N) is 1. The molecule has 1 aromatic rings. The maximum atomic E-state index is 13.8. The van der Waals surface area contributed by atoms with E-state index in [0.29, 0.717) is 17.5 Å². The quantitative estimate of drug-likeness (QED) is 0.926. The monoisotopic (exact) mass is 318 g/mol. The number of carbonyl (C=O) groups is 2. The molecule has 124 valence electrons. The Labute approximate surface area is 136 Å². The Morgan fingerprint density at radius 2 is 1.91 bits per heavy atom.